The van der Waals surface area contributed by atoms with Crippen molar-refractivity contribution in [2.45, 2.75) is 29.9 Å². The summed E-state index contributed by atoms with van der Waals surface area (Å²) in [5.41, 5.74) is 0. The first-order chi connectivity index (χ1) is 9.40. The molecule has 0 saturated heterocycles. The second kappa shape index (κ2) is 6.56. The van der Waals surface area contributed by atoms with Gasteiger partial charge in [0.1, 0.15) is 0 Å². The Kier molecular flexibility index (Phi) is 5.32. The van der Waals surface area contributed by atoms with Crippen molar-refractivity contribution in [3.05, 3.63) is 31.1 Å². The Morgan fingerprint density at radius 1 is 1.50 bits per heavy atom. The molecule has 0 amide bonds. The lowest BCUT2D eigenvalue weighted by atomic mass is 10.2. The molecule has 0 N–H and O–H groups in total. The van der Waals surface area contributed by atoms with Gasteiger partial charge in [0, 0.05) is 18.8 Å². The average molecular weight is 302 g/mol. The van der Waals surface area contributed by atoms with E-state index in [-0.39, 0.29) is 13.0 Å². The number of carbonyl (C=O) groups excluding carboxylic acids is 1. The molecule has 1 atom stereocenters. The second-order valence-electron chi connectivity index (χ2n) is 3.81. The van der Waals surface area contributed by atoms with E-state index in [4.69, 9.17) is 0 Å². The maximum absolute atomic E-state index is 14.8. The van der Waals surface area contributed by atoms with Gasteiger partial charge in [-0.15, -0.1) is 6.58 Å². The Hall–Kier alpha value is -1.83. The van der Waals surface area contributed by atoms with Crippen LogP contribution in [0.2, 0.25) is 0 Å². The predicted octanol–water partition coefficient (Wildman–Crippen LogP) is 1.45. The Morgan fingerprint density at radius 2 is 2.10 bits per heavy atom. The molecule has 20 heavy (non-hydrogen) atoms. The van der Waals surface area contributed by atoms with E-state index in [2.05, 4.69) is 21.3 Å². The van der Waals surface area contributed by atoms with Gasteiger partial charge in [-0.1, -0.05) is 6.08 Å². The summed E-state index contributed by atoms with van der Waals surface area (Å²) in [6.45, 7) is 4.70. The lowest BCUT2D eigenvalue weighted by Gasteiger charge is -2.21. The van der Waals surface area contributed by atoms with E-state index in [0.29, 0.717) is 0 Å². The smallest absolute Gasteiger partial charge is 0.360 e. The summed E-state index contributed by atoms with van der Waals surface area (Å²) in [5, 5.41) is -3.97. The van der Waals surface area contributed by atoms with Gasteiger partial charge in [-0.2, -0.15) is 0 Å². The van der Waals surface area contributed by atoms with Crippen LogP contribution in [-0.4, -0.2) is 36.0 Å². The van der Waals surface area contributed by atoms with Crippen molar-refractivity contribution in [3.63, 3.8) is 0 Å². The number of aromatic nitrogens is 2. The summed E-state index contributed by atoms with van der Waals surface area (Å²) in [6, 6.07) is 1.38. The summed E-state index contributed by atoms with van der Waals surface area (Å²) in [6.07, 6.45) is 3.00. The molecule has 1 aromatic rings. The molecule has 0 spiro atoms. The molecule has 0 saturated carbocycles. The van der Waals surface area contributed by atoms with Crippen LogP contribution >= 0.6 is 0 Å². The molecule has 8 heteroatoms. The normalized spacial score (nSPS) is 14.3. The third kappa shape index (κ3) is 3.01. The number of sulfone groups is 1. The molecule has 1 aromatic heterocycles. The number of rotatable bonds is 7. The van der Waals surface area contributed by atoms with E-state index in [9.17, 15) is 17.6 Å². The molecule has 1 heterocycles. The highest BCUT2D eigenvalue weighted by atomic mass is 32.2. The number of nitrogens with zero attached hydrogens (tertiary/aromatic N) is 2. The van der Waals surface area contributed by atoms with E-state index in [0.717, 1.165) is 12.4 Å². The van der Waals surface area contributed by atoms with Crippen molar-refractivity contribution in [3.8, 4) is 0 Å². The Bertz CT molecular complexity index is 576. The van der Waals surface area contributed by atoms with Crippen LogP contribution in [0.3, 0.4) is 0 Å². The van der Waals surface area contributed by atoms with Crippen molar-refractivity contribution >= 4 is 15.8 Å². The molecule has 1 unspecified atom stereocenters. The van der Waals surface area contributed by atoms with E-state index in [1.807, 2.05) is 0 Å². The SMILES string of the molecule is C=CCCC(F)(C(=O)OCC)S(=O)(=O)c1ncccn1. The lowest BCUT2D eigenvalue weighted by molar-refractivity contribution is -0.151. The van der Waals surface area contributed by atoms with Crippen LogP contribution in [-0.2, 0) is 19.4 Å². The van der Waals surface area contributed by atoms with E-state index in [1.165, 1.54) is 19.1 Å². The highest BCUT2D eigenvalue weighted by molar-refractivity contribution is 7.93. The fourth-order valence-electron chi connectivity index (χ4n) is 1.44. The van der Waals surface area contributed by atoms with E-state index in [1.54, 1.807) is 0 Å². The van der Waals surface area contributed by atoms with Crippen molar-refractivity contribution in [1.82, 2.24) is 9.97 Å². The third-order valence-corrected chi connectivity index (χ3v) is 4.37. The van der Waals surface area contributed by atoms with Crippen LogP contribution in [0.15, 0.2) is 36.3 Å². The molecule has 0 radical (unpaired) electrons. The highest BCUT2D eigenvalue weighted by Crippen LogP contribution is 2.31. The van der Waals surface area contributed by atoms with Gasteiger partial charge < -0.3 is 4.74 Å². The lowest BCUT2D eigenvalue weighted by Crippen LogP contribution is -2.44. The standard InChI is InChI=1S/C12H15FN2O4S/c1-3-5-7-12(13,10(16)19-4-2)20(17,18)11-14-8-6-9-15-11/h3,6,8-9H,1,4-5,7H2,2H3. The number of alkyl halides is 1. The predicted molar refractivity (Wildman–Crippen MR) is 69.1 cm³/mol. The van der Waals surface area contributed by atoms with Gasteiger partial charge >= 0.3 is 11.0 Å². The summed E-state index contributed by atoms with van der Waals surface area (Å²) in [5.74, 6) is -1.46. The first kappa shape index (κ1) is 16.2. The molecular weight excluding hydrogens is 287 g/mol. The molecule has 0 bridgehead atoms. The molecule has 0 fully saturated rings. The van der Waals surface area contributed by atoms with Gasteiger partial charge in [0.25, 0.3) is 15.0 Å². The molecule has 0 aliphatic heterocycles. The molecule has 1 rings (SSSR count). The van der Waals surface area contributed by atoms with Crippen LogP contribution in [0.5, 0.6) is 0 Å². The number of ether oxygens (including phenoxy) is 1. The topological polar surface area (TPSA) is 86.2 Å². The van der Waals surface area contributed by atoms with Gasteiger partial charge in [0.05, 0.1) is 6.61 Å². The van der Waals surface area contributed by atoms with Gasteiger partial charge in [-0.25, -0.2) is 27.6 Å². The Morgan fingerprint density at radius 3 is 2.60 bits per heavy atom. The van der Waals surface area contributed by atoms with Crippen LogP contribution in [0.4, 0.5) is 4.39 Å². The fraction of sp³-hybridized carbons (Fsp3) is 0.417. The van der Waals surface area contributed by atoms with Gasteiger partial charge in [0.2, 0.25) is 0 Å². The minimum Gasteiger partial charge on any atom is -0.463 e. The zero-order valence-corrected chi connectivity index (χ0v) is 11.8. The fourth-order valence-corrected chi connectivity index (χ4v) is 2.80. The van der Waals surface area contributed by atoms with Crippen LogP contribution in [0.1, 0.15) is 19.8 Å². The average Bonchev–Trinajstić information content (AvgIpc) is 2.45. The Balaban J connectivity index is 3.29. The van der Waals surface area contributed by atoms with Crippen molar-refractivity contribution in [2.75, 3.05) is 6.61 Å². The number of esters is 1. The number of halogens is 1. The zero-order chi connectivity index (χ0) is 15.2. The van der Waals surface area contributed by atoms with Crippen molar-refractivity contribution in [2.24, 2.45) is 0 Å². The molecule has 0 aliphatic carbocycles. The number of carbonyl (C=O) groups is 1. The summed E-state index contributed by atoms with van der Waals surface area (Å²) >= 11 is 0. The summed E-state index contributed by atoms with van der Waals surface area (Å²) < 4.78 is 43.8. The Labute approximate surface area is 116 Å². The molecule has 110 valence electrons. The second-order valence-corrected chi connectivity index (χ2v) is 5.83. The minimum absolute atomic E-state index is 0.0125. The first-order valence-corrected chi connectivity index (χ1v) is 7.37. The van der Waals surface area contributed by atoms with Crippen LogP contribution in [0.25, 0.3) is 0 Å². The van der Waals surface area contributed by atoms with Gasteiger partial charge in [-0.3, -0.25) is 0 Å². The number of hydrogen-bond acceptors (Lipinski definition) is 6. The molecular formula is C12H15FN2O4S. The van der Waals surface area contributed by atoms with E-state index >= 15 is 0 Å². The van der Waals surface area contributed by atoms with E-state index < -0.39 is 32.4 Å². The van der Waals surface area contributed by atoms with Crippen LogP contribution < -0.4 is 0 Å². The monoisotopic (exact) mass is 302 g/mol. The number of hydrogen-bond donors (Lipinski definition) is 0. The molecule has 6 nitrogen and oxygen atoms in total. The minimum atomic E-state index is -4.71. The summed E-state index contributed by atoms with van der Waals surface area (Å²) in [4.78, 5) is 18.7. The first-order valence-electron chi connectivity index (χ1n) is 5.88. The largest absolute Gasteiger partial charge is 0.463 e. The number of allylic oxidation sites excluding steroid dienone is 1. The molecule has 0 aromatic carbocycles. The third-order valence-electron chi connectivity index (χ3n) is 2.46. The van der Waals surface area contributed by atoms with Crippen molar-refractivity contribution < 1.29 is 22.3 Å². The van der Waals surface area contributed by atoms with Gasteiger partial charge in [-0.05, 0) is 19.4 Å². The van der Waals surface area contributed by atoms with Crippen molar-refractivity contribution in [1.29, 1.82) is 0 Å². The quantitative estimate of drug-likeness (QED) is 0.430. The maximum atomic E-state index is 14.8. The zero-order valence-electron chi connectivity index (χ0n) is 11.0. The van der Waals surface area contributed by atoms with Gasteiger partial charge in [0.15, 0.2) is 0 Å². The summed E-state index contributed by atoms with van der Waals surface area (Å²) in [7, 11) is -4.71. The maximum Gasteiger partial charge on any atom is 0.360 e. The highest BCUT2D eigenvalue weighted by Gasteiger charge is 2.54. The van der Waals surface area contributed by atoms with Crippen LogP contribution in [0, 0.1) is 0 Å². The molecule has 0 aliphatic rings.